The van der Waals surface area contributed by atoms with Crippen LogP contribution in [0.25, 0.3) is 16.6 Å². The molecule has 154 valence electrons. The van der Waals surface area contributed by atoms with E-state index in [0.29, 0.717) is 17.2 Å². The van der Waals surface area contributed by atoms with Crippen molar-refractivity contribution in [3.63, 3.8) is 0 Å². The van der Waals surface area contributed by atoms with Gasteiger partial charge in [0.2, 0.25) is 5.91 Å². The number of para-hydroxylation sites is 2. The molecular formula is C21H17F3N4OS. The van der Waals surface area contributed by atoms with Crippen LogP contribution in [-0.4, -0.2) is 25.8 Å². The molecule has 0 radical (unpaired) electrons. The molecule has 1 N–H and O–H groups in total. The number of nitrogens with zero attached hydrogens (tertiary/aromatic N) is 3. The Labute approximate surface area is 174 Å². The molecule has 0 aliphatic carbocycles. The molecule has 0 spiro atoms. The lowest BCUT2D eigenvalue weighted by molar-refractivity contribution is -0.137. The van der Waals surface area contributed by atoms with E-state index in [9.17, 15) is 18.0 Å². The molecule has 0 aliphatic heterocycles. The first-order valence-corrected chi connectivity index (χ1v) is 10.1. The quantitative estimate of drug-likeness (QED) is 0.430. The van der Waals surface area contributed by atoms with Crippen molar-refractivity contribution in [2.24, 2.45) is 0 Å². The summed E-state index contributed by atoms with van der Waals surface area (Å²) in [6, 6.07) is 16.4. The van der Waals surface area contributed by atoms with Crippen LogP contribution in [0.2, 0.25) is 0 Å². The van der Waals surface area contributed by atoms with E-state index in [1.54, 1.807) is 6.92 Å². The number of benzene rings is 2. The van der Waals surface area contributed by atoms with Crippen molar-refractivity contribution in [3.05, 3.63) is 66.2 Å². The predicted octanol–water partition coefficient (Wildman–Crippen LogP) is 5.41. The lowest BCUT2D eigenvalue weighted by Crippen LogP contribution is -2.26. The number of aromatic nitrogens is 3. The SMILES string of the molecule is CCC(Sc1nnc2ccc3ccccc3n12)C(=O)Nc1ccccc1C(F)(F)F. The highest BCUT2D eigenvalue weighted by molar-refractivity contribution is 8.00. The van der Waals surface area contributed by atoms with Crippen LogP contribution in [0.15, 0.2) is 65.8 Å². The van der Waals surface area contributed by atoms with Gasteiger partial charge in [0.25, 0.3) is 0 Å². The predicted molar refractivity (Wildman–Crippen MR) is 111 cm³/mol. The number of rotatable bonds is 5. The number of halogens is 3. The van der Waals surface area contributed by atoms with Crippen LogP contribution in [0.4, 0.5) is 18.9 Å². The van der Waals surface area contributed by atoms with E-state index in [1.165, 1.54) is 30.0 Å². The lowest BCUT2D eigenvalue weighted by Gasteiger charge is -2.17. The van der Waals surface area contributed by atoms with E-state index < -0.39 is 22.9 Å². The number of fused-ring (bicyclic) bond motifs is 3. The molecule has 1 unspecified atom stereocenters. The second-order valence-corrected chi connectivity index (χ2v) is 7.79. The van der Waals surface area contributed by atoms with Gasteiger partial charge >= 0.3 is 6.18 Å². The lowest BCUT2D eigenvalue weighted by atomic mass is 10.1. The van der Waals surface area contributed by atoms with Crippen LogP contribution in [-0.2, 0) is 11.0 Å². The Morgan fingerprint density at radius 1 is 1.07 bits per heavy atom. The fourth-order valence-electron chi connectivity index (χ4n) is 3.19. The fourth-order valence-corrected chi connectivity index (χ4v) is 4.16. The topological polar surface area (TPSA) is 59.3 Å². The highest BCUT2D eigenvalue weighted by Crippen LogP contribution is 2.35. The van der Waals surface area contributed by atoms with Crippen molar-refractivity contribution < 1.29 is 18.0 Å². The van der Waals surface area contributed by atoms with E-state index in [1.807, 2.05) is 40.8 Å². The van der Waals surface area contributed by atoms with Crippen molar-refractivity contribution in [1.29, 1.82) is 0 Å². The summed E-state index contributed by atoms with van der Waals surface area (Å²) in [7, 11) is 0. The Hall–Kier alpha value is -3.07. The minimum absolute atomic E-state index is 0.259. The summed E-state index contributed by atoms with van der Waals surface area (Å²) in [4.78, 5) is 12.8. The molecule has 2 heterocycles. The minimum atomic E-state index is -4.55. The van der Waals surface area contributed by atoms with Crippen molar-refractivity contribution in [2.45, 2.75) is 29.9 Å². The second-order valence-electron chi connectivity index (χ2n) is 6.62. The molecule has 4 rings (SSSR count). The third kappa shape index (κ3) is 3.85. The number of anilines is 1. The van der Waals surface area contributed by atoms with Crippen LogP contribution >= 0.6 is 11.8 Å². The van der Waals surface area contributed by atoms with Gasteiger partial charge in [-0.05, 0) is 42.1 Å². The van der Waals surface area contributed by atoms with Crippen LogP contribution < -0.4 is 5.32 Å². The van der Waals surface area contributed by atoms with E-state index >= 15 is 0 Å². The normalized spacial score (nSPS) is 12.9. The van der Waals surface area contributed by atoms with Crippen molar-refractivity contribution in [3.8, 4) is 0 Å². The molecule has 0 bridgehead atoms. The summed E-state index contributed by atoms with van der Waals surface area (Å²) < 4.78 is 41.5. The van der Waals surface area contributed by atoms with Gasteiger partial charge < -0.3 is 5.32 Å². The first-order valence-electron chi connectivity index (χ1n) is 9.25. The maximum absolute atomic E-state index is 13.2. The number of amides is 1. The molecule has 0 fully saturated rings. The number of hydrogen-bond donors (Lipinski definition) is 1. The number of carbonyl (C=O) groups excluding carboxylic acids is 1. The van der Waals surface area contributed by atoms with E-state index in [-0.39, 0.29) is 5.69 Å². The summed E-state index contributed by atoms with van der Waals surface area (Å²) in [6.07, 6.45) is -4.15. The van der Waals surface area contributed by atoms with Gasteiger partial charge in [-0.25, -0.2) is 0 Å². The molecule has 5 nitrogen and oxygen atoms in total. The molecule has 30 heavy (non-hydrogen) atoms. The number of nitrogens with one attached hydrogen (secondary N) is 1. The zero-order valence-electron chi connectivity index (χ0n) is 15.8. The molecule has 0 saturated heterocycles. The van der Waals surface area contributed by atoms with E-state index in [2.05, 4.69) is 15.5 Å². The molecule has 1 atom stereocenters. The number of carbonyl (C=O) groups is 1. The van der Waals surface area contributed by atoms with Gasteiger partial charge in [0, 0.05) is 0 Å². The maximum atomic E-state index is 13.2. The molecule has 4 aromatic rings. The Balaban J connectivity index is 1.63. The van der Waals surface area contributed by atoms with Gasteiger partial charge in [-0.2, -0.15) is 13.2 Å². The summed E-state index contributed by atoms with van der Waals surface area (Å²) in [5.74, 6) is -0.517. The first-order chi connectivity index (χ1) is 14.4. The largest absolute Gasteiger partial charge is 0.418 e. The standard InChI is InChI=1S/C21H17F3N4OS/c1-2-17(19(29)25-15-9-5-4-8-14(15)21(22,23)24)30-20-27-26-18-12-11-13-7-3-6-10-16(13)28(18)20/h3-12,17H,2H2,1H3,(H,25,29). The zero-order chi connectivity index (χ0) is 21.3. The minimum Gasteiger partial charge on any atom is -0.325 e. The second kappa shape index (κ2) is 7.98. The van der Waals surface area contributed by atoms with Crippen LogP contribution in [0.3, 0.4) is 0 Å². The van der Waals surface area contributed by atoms with Crippen LogP contribution in [0.5, 0.6) is 0 Å². The highest BCUT2D eigenvalue weighted by Gasteiger charge is 2.34. The molecule has 0 saturated carbocycles. The third-order valence-corrected chi connectivity index (χ3v) is 5.96. The van der Waals surface area contributed by atoms with Gasteiger partial charge in [-0.3, -0.25) is 9.20 Å². The number of thioether (sulfide) groups is 1. The monoisotopic (exact) mass is 430 g/mol. The molecule has 0 aliphatic rings. The van der Waals surface area contributed by atoms with E-state index in [0.717, 1.165) is 17.0 Å². The molecular weight excluding hydrogens is 413 g/mol. The number of hydrogen-bond acceptors (Lipinski definition) is 4. The Kier molecular flexibility index (Phi) is 5.38. The summed E-state index contributed by atoms with van der Waals surface area (Å²) in [5, 5.41) is 11.6. The average molecular weight is 430 g/mol. The van der Waals surface area contributed by atoms with Gasteiger partial charge in [0.1, 0.15) is 0 Å². The molecule has 2 aromatic carbocycles. The number of pyridine rings is 1. The van der Waals surface area contributed by atoms with Gasteiger partial charge in [0.05, 0.1) is 22.0 Å². The maximum Gasteiger partial charge on any atom is 0.418 e. The van der Waals surface area contributed by atoms with Crippen molar-refractivity contribution in [2.75, 3.05) is 5.32 Å². The molecule has 9 heteroatoms. The fraction of sp³-hybridized carbons (Fsp3) is 0.190. The van der Waals surface area contributed by atoms with E-state index in [4.69, 9.17) is 0 Å². The van der Waals surface area contributed by atoms with Crippen LogP contribution in [0, 0.1) is 0 Å². The van der Waals surface area contributed by atoms with Crippen LogP contribution in [0.1, 0.15) is 18.9 Å². The average Bonchev–Trinajstić information content (AvgIpc) is 3.15. The Bertz CT molecular complexity index is 1220. The molecule has 2 aromatic heterocycles. The summed E-state index contributed by atoms with van der Waals surface area (Å²) >= 11 is 1.18. The van der Waals surface area contributed by atoms with Crippen molar-refractivity contribution in [1.82, 2.24) is 14.6 Å². The Morgan fingerprint density at radius 3 is 2.57 bits per heavy atom. The molecule has 1 amide bonds. The first kappa shape index (κ1) is 20.2. The van der Waals surface area contributed by atoms with Gasteiger partial charge in [-0.15, -0.1) is 10.2 Å². The van der Waals surface area contributed by atoms with Gasteiger partial charge in [-0.1, -0.05) is 49.0 Å². The number of alkyl halides is 3. The zero-order valence-corrected chi connectivity index (χ0v) is 16.7. The Morgan fingerprint density at radius 2 is 1.80 bits per heavy atom. The van der Waals surface area contributed by atoms with Gasteiger partial charge in [0.15, 0.2) is 10.8 Å². The third-order valence-electron chi connectivity index (χ3n) is 4.65. The summed E-state index contributed by atoms with van der Waals surface area (Å²) in [5.41, 5.74) is 0.386. The highest BCUT2D eigenvalue weighted by atomic mass is 32.2. The smallest absolute Gasteiger partial charge is 0.325 e. The van der Waals surface area contributed by atoms with Crippen molar-refractivity contribution >= 4 is 39.9 Å². The summed E-state index contributed by atoms with van der Waals surface area (Å²) in [6.45, 7) is 1.80.